The molecule has 2 atom stereocenters. The highest BCUT2D eigenvalue weighted by molar-refractivity contribution is 6.30. The largest absolute Gasteiger partial charge is 0.497 e. The summed E-state index contributed by atoms with van der Waals surface area (Å²) in [5.41, 5.74) is 2.10. The van der Waals surface area contributed by atoms with Crippen LogP contribution >= 0.6 is 11.6 Å². The zero-order valence-electron chi connectivity index (χ0n) is 11.0. The fourth-order valence-electron chi connectivity index (χ4n) is 2.23. The Morgan fingerprint density at radius 2 is 1.42 bits per heavy atom. The molecule has 0 heterocycles. The van der Waals surface area contributed by atoms with E-state index in [0.717, 1.165) is 16.9 Å². The van der Waals surface area contributed by atoms with Crippen LogP contribution in [0.3, 0.4) is 0 Å². The van der Waals surface area contributed by atoms with Crippen LogP contribution in [0, 0.1) is 0 Å². The predicted molar refractivity (Wildman–Crippen MR) is 78.0 cm³/mol. The highest BCUT2D eigenvalue weighted by Gasteiger charge is 2.19. The first kappa shape index (κ1) is 13.9. The van der Waals surface area contributed by atoms with Crippen molar-refractivity contribution in [3.05, 3.63) is 64.7 Å². The van der Waals surface area contributed by atoms with Crippen LogP contribution in [0.5, 0.6) is 5.75 Å². The zero-order chi connectivity index (χ0) is 13.8. The van der Waals surface area contributed by atoms with Gasteiger partial charge in [0.15, 0.2) is 0 Å². The Balaban J connectivity index is 2.36. The van der Waals surface area contributed by atoms with Gasteiger partial charge in [-0.1, -0.05) is 35.9 Å². The maximum Gasteiger partial charge on any atom is 0.118 e. The van der Waals surface area contributed by atoms with E-state index in [1.165, 1.54) is 0 Å². The fraction of sp³-hybridized carbons (Fsp3) is 0.250. The molecule has 0 aliphatic rings. The number of hydrogen-bond donors (Lipinski definition) is 1. The lowest BCUT2D eigenvalue weighted by Crippen LogP contribution is -2.15. The van der Waals surface area contributed by atoms with Crippen LogP contribution in [0.25, 0.3) is 0 Å². The molecule has 0 radical (unpaired) electrons. The minimum absolute atomic E-state index is 0.0665. The Hall–Kier alpha value is -1.51. The van der Waals surface area contributed by atoms with Gasteiger partial charge in [-0.15, -0.1) is 0 Å². The lowest BCUT2D eigenvalue weighted by Gasteiger charge is -2.21. The molecule has 0 saturated heterocycles. The first-order valence-corrected chi connectivity index (χ1v) is 6.57. The average molecular weight is 277 g/mol. The zero-order valence-corrected chi connectivity index (χ0v) is 11.8. The van der Waals surface area contributed by atoms with Crippen molar-refractivity contribution in [2.45, 2.75) is 18.9 Å². The molecule has 0 aliphatic heterocycles. The number of aliphatic hydroxyl groups excluding tert-OH is 1. The Morgan fingerprint density at radius 1 is 0.947 bits per heavy atom. The van der Waals surface area contributed by atoms with E-state index in [9.17, 15) is 5.11 Å². The summed E-state index contributed by atoms with van der Waals surface area (Å²) in [5, 5.41) is 10.7. The molecular weight excluding hydrogens is 260 g/mol. The summed E-state index contributed by atoms with van der Waals surface area (Å²) in [7, 11) is 1.64. The summed E-state index contributed by atoms with van der Waals surface area (Å²) in [6.07, 6.45) is -0.477. The molecule has 2 nitrogen and oxygen atoms in total. The van der Waals surface area contributed by atoms with Gasteiger partial charge in [0.2, 0.25) is 0 Å². The van der Waals surface area contributed by atoms with Crippen LogP contribution in [0.15, 0.2) is 48.5 Å². The van der Waals surface area contributed by atoms with Gasteiger partial charge in [0.05, 0.1) is 13.2 Å². The molecule has 0 spiro atoms. The average Bonchev–Trinajstić information content (AvgIpc) is 2.42. The van der Waals surface area contributed by atoms with E-state index in [0.29, 0.717) is 5.02 Å². The molecule has 19 heavy (non-hydrogen) atoms. The monoisotopic (exact) mass is 276 g/mol. The van der Waals surface area contributed by atoms with Crippen molar-refractivity contribution in [1.82, 2.24) is 0 Å². The third kappa shape index (κ3) is 3.28. The molecule has 0 aromatic heterocycles. The second kappa shape index (κ2) is 6.09. The van der Waals surface area contributed by atoms with Crippen molar-refractivity contribution in [3.63, 3.8) is 0 Å². The highest BCUT2D eigenvalue weighted by Crippen LogP contribution is 2.30. The summed E-state index contributed by atoms with van der Waals surface area (Å²) in [6, 6.07) is 15.3. The molecule has 2 rings (SSSR count). The molecule has 0 saturated carbocycles. The van der Waals surface area contributed by atoms with Crippen LogP contribution in [-0.4, -0.2) is 18.3 Å². The third-order valence-electron chi connectivity index (χ3n) is 3.19. The molecule has 2 unspecified atom stereocenters. The Bertz CT molecular complexity index is 517. The fourth-order valence-corrected chi connectivity index (χ4v) is 2.36. The Labute approximate surface area is 118 Å². The van der Waals surface area contributed by atoms with Crippen LogP contribution in [-0.2, 0) is 0 Å². The normalized spacial score (nSPS) is 13.9. The quantitative estimate of drug-likeness (QED) is 0.919. The van der Waals surface area contributed by atoms with Gasteiger partial charge in [-0.2, -0.15) is 0 Å². The van der Waals surface area contributed by atoms with E-state index in [-0.39, 0.29) is 5.92 Å². The summed E-state index contributed by atoms with van der Waals surface area (Å²) < 4.78 is 5.15. The van der Waals surface area contributed by atoms with Crippen molar-refractivity contribution in [2.75, 3.05) is 7.11 Å². The lowest BCUT2D eigenvalue weighted by molar-refractivity contribution is 0.176. The van der Waals surface area contributed by atoms with Gasteiger partial charge in [-0.3, -0.25) is 0 Å². The molecule has 2 aromatic rings. The Morgan fingerprint density at radius 3 is 1.84 bits per heavy atom. The predicted octanol–water partition coefficient (Wildman–Crippen LogP) is 3.86. The van der Waals surface area contributed by atoms with Gasteiger partial charge in [-0.25, -0.2) is 0 Å². The van der Waals surface area contributed by atoms with Crippen LogP contribution in [0.1, 0.15) is 24.0 Å². The summed E-state index contributed by atoms with van der Waals surface area (Å²) >= 11 is 5.90. The summed E-state index contributed by atoms with van der Waals surface area (Å²) in [5.74, 6) is 0.743. The van der Waals surface area contributed by atoms with Crippen molar-refractivity contribution < 1.29 is 9.84 Å². The number of aliphatic hydroxyl groups is 1. The first-order valence-electron chi connectivity index (χ1n) is 6.19. The van der Waals surface area contributed by atoms with E-state index in [2.05, 4.69) is 0 Å². The first-order chi connectivity index (χ1) is 9.11. The van der Waals surface area contributed by atoms with E-state index in [1.54, 1.807) is 14.0 Å². The van der Waals surface area contributed by atoms with Crippen molar-refractivity contribution >= 4 is 11.6 Å². The molecule has 0 fully saturated rings. The SMILES string of the molecule is COc1ccc(C(c2ccc(Cl)cc2)C(C)O)cc1. The lowest BCUT2D eigenvalue weighted by atomic mass is 9.87. The number of ether oxygens (including phenoxy) is 1. The number of methoxy groups -OCH3 is 1. The molecule has 0 aliphatic carbocycles. The van der Waals surface area contributed by atoms with Crippen molar-refractivity contribution in [1.29, 1.82) is 0 Å². The summed E-state index contributed by atoms with van der Waals surface area (Å²) in [6.45, 7) is 1.80. The van der Waals surface area contributed by atoms with Gasteiger partial charge in [-0.05, 0) is 42.3 Å². The molecule has 1 N–H and O–H groups in total. The molecule has 100 valence electrons. The van der Waals surface area contributed by atoms with Gasteiger partial charge < -0.3 is 9.84 Å². The van der Waals surface area contributed by atoms with Crippen molar-refractivity contribution in [2.24, 2.45) is 0 Å². The topological polar surface area (TPSA) is 29.5 Å². The smallest absolute Gasteiger partial charge is 0.118 e. The number of halogens is 1. The molecule has 0 bridgehead atoms. The van der Waals surface area contributed by atoms with E-state index >= 15 is 0 Å². The molecule has 3 heteroatoms. The van der Waals surface area contributed by atoms with E-state index in [4.69, 9.17) is 16.3 Å². The van der Waals surface area contributed by atoms with Crippen LogP contribution < -0.4 is 4.74 Å². The number of hydrogen-bond acceptors (Lipinski definition) is 2. The minimum Gasteiger partial charge on any atom is -0.497 e. The Kier molecular flexibility index (Phi) is 4.46. The van der Waals surface area contributed by atoms with Crippen molar-refractivity contribution in [3.8, 4) is 5.75 Å². The maximum absolute atomic E-state index is 10.1. The molecule has 2 aromatic carbocycles. The maximum atomic E-state index is 10.1. The molecular formula is C16H17ClO2. The second-order valence-electron chi connectivity index (χ2n) is 4.54. The van der Waals surface area contributed by atoms with E-state index in [1.807, 2.05) is 48.5 Å². The van der Waals surface area contributed by atoms with Gasteiger partial charge in [0.25, 0.3) is 0 Å². The number of benzene rings is 2. The van der Waals surface area contributed by atoms with Gasteiger partial charge >= 0.3 is 0 Å². The third-order valence-corrected chi connectivity index (χ3v) is 3.44. The minimum atomic E-state index is -0.477. The van der Waals surface area contributed by atoms with Crippen LogP contribution in [0.4, 0.5) is 0 Å². The summed E-state index contributed by atoms with van der Waals surface area (Å²) in [4.78, 5) is 0. The second-order valence-corrected chi connectivity index (χ2v) is 4.98. The number of rotatable bonds is 4. The van der Waals surface area contributed by atoms with Crippen LogP contribution in [0.2, 0.25) is 5.02 Å². The molecule has 0 amide bonds. The standard InChI is InChI=1S/C16H17ClO2/c1-11(18)16(12-3-7-14(17)8-4-12)13-5-9-15(19-2)10-6-13/h3-11,16,18H,1-2H3. The highest BCUT2D eigenvalue weighted by atomic mass is 35.5. The van der Waals surface area contributed by atoms with Gasteiger partial charge in [0, 0.05) is 10.9 Å². The van der Waals surface area contributed by atoms with Gasteiger partial charge in [0.1, 0.15) is 5.75 Å². The van der Waals surface area contributed by atoms with E-state index < -0.39 is 6.10 Å².